The largest absolute Gasteiger partial charge is 0.381 e. The Morgan fingerprint density at radius 2 is 1.95 bits per heavy atom. The van der Waals surface area contributed by atoms with E-state index in [9.17, 15) is 4.79 Å². The third kappa shape index (κ3) is 3.29. The standard InChI is InChI=1S/C15H28N2O2/c1-4-16-9-5-7-13(16)14-8-6-10-17(14)15(18)11-12(2)19-3/h12-14H,4-11H2,1-3H3/t12-,13+,14+/m0/s1. The molecule has 3 atom stereocenters. The zero-order valence-corrected chi connectivity index (χ0v) is 12.6. The highest BCUT2D eigenvalue weighted by molar-refractivity contribution is 5.77. The van der Waals surface area contributed by atoms with Crippen LogP contribution in [0.5, 0.6) is 0 Å². The maximum atomic E-state index is 12.4. The second-order valence-corrected chi connectivity index (χ2v) is 5.89. The van der Waals surface area contributed by atoms with Crippen molar-refractivity contribution in [1.82, 2.24) is 9.80 Å². The molecule has 0 spiro atoms. The van der Waals surface area contributed by atoms with Crippen LogP contribution in [0, 0.1) is 0 Å². The summed E-state index contributed by atoms with van der Waals surface area (Å²) in [5, 5.41) is 0. The second kappa shape index (κ2) is 6.71. The second-order valence-electron chi connectivity index (χ2n) is 5.89. The highest BCUT2D eigenvalue weighted by Crippen LogP contribution is 2.30. The van der Waals surface area contributed by atoms with E-state index in [4.69, 9.17) is 4.74 Å². The van der Waals surface area contributed by atoms with Crippen LogP contribution in [-0.4, -0.2) is 60.6 Å². The number of rotatable bonds is 5. The summed E-state index contributed by atoms with van der Waals surface area (Å²) in [6.45, 7) is 7.45. The lowest BCUT2D eigenvalue weighted by molar-refractivity contribution is -0.135. The molecular weight excluding hydrogens is 240 g/mol. The van der Waals surface area contributed by atoms with Crippen molar-refractivity contribution in [2.75, 3.05) is 26.7 Å². The fourth-order valence-electron chi connectivity index (χ4n) is 3.63. The predicted molar refractivity (Wildman–Crippen MR) is 76.1 cm³/mol. The molecule has 2 heterocycles. The lowest BCUT2D eigenvalue weighted by atomic mass is 10.0. The molecular formula is C15H28N2O2. The van der Waals surface area contributed by atoms with Crippen LogP contribution in [0.2, 0.25) is 0 Å². The Balaban J connectivity index is 1.98. The Bertz CT molecular complexity index is 309. The van der Waals surface area contributed by atoms with Crippen molar-refractivity contribution < 1.29 is 9.53 Å². The van der Waals surface area contributed by atoms with Crippen LogP contribution >= 0.6 is 0 Å². The maximum absolute atomic E-state index is 12.4. The fourth-order valence-corrected chi connectivity index (χ4v) is 3.63. The minimum atomic E-state index is 0.0274. The van der Waals surface area contributed by atoms with Crippen LogP contribution in [0.25, 0.3) is 0 Å². The smallest absolute Gasteiger partial charge is 0.225 e. The fraction of sp³-hybridized carbons (Fsp3) is 0.933. The Labute approximate surface area is 117 Å². The molecule has 2 aliphatic heterocycles. The Morgan fingerprint density at radius 1 is 1.26 bits per heavy atom. The van der Waals surface area contributed by atoms with Gasteiger partial charge < -0.3 is 9.64 Å². The average molecular weight is 268 g/mol. The average Bonchev–Trinajstić information content (AvgIpc) is 3.05. The molecule has 4 nitrogen and oxygen atoms in total. The number of nitrogens with zero attached hydrogens (tertiary/aromatic N) is 2. The minimum Gasteiger partial charge on any atom is -0.381 e. The molecule has 0 saturated carbocycles. The van der Waals surface area contributed by atoms with E-state index in [-0.39, 0.29) is 12.0 Å². The summed E-state index contributed by atoms with van der Waals surface area (Å²) in [6, 6.07) is 1.04. The first-order valence-electron chi connectivity index (χ1n) is 7.73. The molecule has 0 aromatic carbocycles. The molecule has 0 aromatic heterocycles. The number of likely N-dealkylation sites (tertiary alicyclic amines) is 2. The van der Waals surface area contributed by atoms with Crippen LogP contribution in [0.3, 0.4) is 0 Å². The van der Waals surface area contributed by atoms with E-state index in [0.717, 1.165) is 19.5 Å². The zero-order chi connectivity index (χ0) is 13.8. The third-order valence-electron chi connectivity index (χ3n) is 4.75. The van der Waals surface area contributed by atoms with Gasteiger partial charge in [-0.15, -0.1) is 0 Å². The SMILES string of the molecule is CCN1CCC[C@@H]1[C@H]1CCCN1C(=O)C[C@H](C)OC. The normalized spacial score (nSPS) is 29.9. The summed E-state index contributed by atoms with van der Waals surface area (Å²) < 4.78 is 5.23. The highest BCUT2D eigenvalue weighted by Gasteiger charge is 2.39. The van der Waals surface area contributed by atoms with E-state index in [0.29, 0.717) is 18.5 Å². The van der Waals surface area contributed by atoms with Gasteiger partial charge in [0, 0.05) is 25.7 Å². The monoisotopic (exact) mass is 268 g/mol. The molecule has 1 amide bonds. The molecule has 0 N–H and O–H groups in total. The van der Waals surface area contributed by atoms with Crippen LogP contribution in [-0.2, 0) is 9.53 Å². The van der Waals surface area contributed by atoms with Gasteiger partial charge in [0.2, 0.25) is 5.91 Å². The number of carbonyl (C=O) groups is 1. The van der Waals surface area contributed by atoms with Crippen molar-refractivity contribution in [1.29, 1.82) is 0 Å². The van der Waals surface area contributed by atoms with Crippen molar-refractivity contribution in [2.24, 2.45) is 0 Å². The number of carbonyl (C=O) groups excluding carboxylic acids is 1. The molecule has 19 heavy (non-hydrogen) atoms. The zero-order valence-electron chi connectivity index (χ0n) is 12.6. The van der Waals surface area contributed by atoms with Gasteiger partial charge in [-0.3, -0.25) is 9.69 Å². The van der Waals surface area contributed by atoms with Gasteiger partial charge in [0.05, 0.1) is 12.5 Å². The van der Waals surface area contributed by atoms with Gasteiger partial charge >= 0.3 is 0 Å². The maximum Gasteiger partial charge on any atom is 0.225 e. The first-order chi connectivity index (χ1) is 9.17. The summed E-state index contributed by atoms with van der Waals surface area (Å²) in [5.41, 5.74) is 0. The van der Waals surface area contributed by atoms with Gasteiger partial charge in [-0.2, -0.15) is 0 Å². The van der Waals surface area contributed by atoms with Gasteiger partial charge in [0.25, 0.3) is 0 Å². The summed E-state index contributed by atoms with van der Waals surface area (Å²) in [5.74, 6) is 0.278. The van der Waals surface area contributed by atoms with Crippen LogP contribution < -0.4 is 0 Å². The van der Waals surface area contributed by atoms with E-state index < -0.39 is 0 Å². The number of hydrogen-bond acceptors (Lipinski definition) is 3. The molecule has 0 unspecified atom stereocenters. The van der Waals surface area contributed by atoms with Crippen molar-refractivity contribution in [2.45, 2.75) is 64.1 Å². The predicted octanol–water partition coefficient (Wildman–Crippen LogP) is 1.89. The minimum absolute atomic E-state index is 0.0274. The number of amides is 1. The quantitative estimate of drug-likeness (QED) is 0.763. The summed E-state index contributed by atoms with van der Waals surface area (Å²) in [4.78, 5) is 17.1. The molecule has 2 aliphatic rings. The summed E-state index contributed by atoms with van der Waals surface area (Å²) >= 11 is 0. The number of likely N-dealkylation sites (N-methyl/N-ethyl adjacent to an activating group) is 1. The van der Waals surface area contributed by atoms with Crippen molar-refractivity contribution in [3.63, 3.8) is 0 Å². The lowest BCUT2D eigenvalue weighted by Crippen LogP contribution is -2.48. The van der Waals surface area contributed by atoms with Crippen molar-refractivity contribution >= 4 is 5.91 Å². The molecule has 0 radical (unpaired) electrons. The van der Waals surface area contributed by atoms with Crippen LogP contribution in [0.1, 0.15) is 46.0 Å². The van der Waals surface area contributed by atoms with Crippen molar-refractivity contribution in [3.05, 3.63) is 0 Å². The van der Waals surface area contributed by atoms with E-state index >= 15 is 0 Å². The van der Waals surface area contributed by atoms with E-state index in [2.05, 4.69) is 16.7 Å². The van der Waals surface area contributed by atoms with Gasteiger partial charge in [-0.1, -0.05) is 6.92 Å². The molecule has 2 saturated heterocycles. The van der Waals surface area contributed by atoms with Gasteiger partial charge in [-0.25, -0.2) is 0 Å². The first kappa shape index (κ1) is 14.8. The highest BCUT2D eigenvalue weighted by atomic mass is 16.5. The topological polar surface area (TPSA) is 32.8 Å². The van der Waals surface area contributed by atoms with Crippen LogP contribution in [0.4, 0.5) is 0 Å². The Hall–Kier alpha value is -0.610. The van der Waals surface area contributed by atoms with Crippen LogP contribution in [0.15, 0.2) is 0 Å². The van der Waals surface area contributed by atoms with E-state index in [1.165, 1.54) is 25.8 Å². The Morgan fingerprint density at radius 3 is 2.63 bits per heavy atom. The van der Waals surface area contributed by atoms with Crippen molar-refractivity contribution in [3.8, 4) is 0 Å². The molecule has 110 valence electrons. The number of hydrogen-bond donors (Lipinski definition) is 0. The van der Waals surface area contributed by atoms with E-state index in [1.54, 1.807) is 7.11 Å². The molecule has 2 fully saturated rings. The lowest BCUT2D eigenvalue weighted by Gasteiger charge is -2.35. The Kier molecular flexibility index (Phi) is 5.22. The van der Waals surface area contributed by atoms with Gasteiger partial charge in [0.15, 0.2) is 0 Å². The molecule has 0 aromatic rings. The molecule has 0 bridgehead atoms. The number of ether oxygens (including phenoxy) is 1. The third-order valence-corrected chi connectivity index (χ3v) is 4.75. The first-order valence-corrected chi connectivity index (χ1v) is 7.73. The van der Waals surface area contributed by atoms with Gasteiger partial charge in [0.1, 0.15) is 0 Å². The summed E-state index contributed by atoms with van der Waals surface area (Å²) in [6.07, 6.45) is 5.42. The van der Waals surface area contributed by atoms with Gasteiger partial charge in [-0.05, 0) is 45.7 Å². The number of methoxy groups -OCH3 is 1. The molecule has 4 heteroatoms. The molecule has 0 aliphatic carbocycles. The molecule has 2 rings (SSSR count). The van der Waals surface area contributed by atoms with E-state index in [1.807, 2.05) is 6.92 Å². The summed E-state index contributed by atoms with van der Waals surface area (Å²) in [7, 11) is 1.68.